The van der Waals surface area contributed by atoms with Crippen molar-refractivity contribution in [3.8, 4) is 5.75 Å². The molecule has 0 saturated carbocycles. The lowest BCUT2D eigenvalue weighted by atomic mass is 10.2. The molecule has 3 N–H and O–H groups in total. The Morgan fingerprint density at radius 1 is 1.40 bits per heavy atom. The molecule has 0 saturated heterocycles. The van der Waals surface area contributed by atoms with Crippen molar-refractivity contribution >= 4 is 33.6 Å². The van der Waals surface area contributed by atoms with E-state index in [0.29, 0.717) is 18.0 Å². The second-order valence-corrected chi connectivity index (χ2v) is 4.92. The molecule has 6 nitrogen and oxygen atoms in total. The molecule has 0 spiro atoms. The maximum absolute atomic E-state index is 11.8. The predicted molar refractivity (Wildman–Crippen MR) is 81.0 cm³/mol. The third kappa shape index (κ3) is 4.73. The van der Waals surface area contributed by atoms with Crippen molar-refractivity contribution in [3.05, 3.63) is 22.7 Å². The zero-order valence-electron chi connectivity index (χ0n) is 11.6. The second kappa shape index (κ2) is 7.74. The first-order valence-corrected chi connectivity index (χ1v) is 6.98. The van der Waals surface area contributed by atoms with Crippen LogP contribution in [0, 0.1) is 0 Å². The summed E-state index contributed by atoms with van der Waals surface area (Å²) in [5.74, 6) is 0.224. The van der Waals surface area contributed by atoms with Crippen molar-refractivity contribution in [2.24, 2.45) is 0 Å². The fourth-order valence-corrected chi connectivity index (χ4v) is 1.84. The Bertz CT molecular complexity index is 494. The Kier molecular flexibility index (Phi) is 6.30. The van der Waals surface area contributed by atoms with E-state index >= 15 is 0 Å². The minimum atomic E-state index is -0.583. The molecule has 0 aliphatic rings. The van der Waals surface area contributed by atoms with Crippen LogP contribution >= 0.6 is 15.9 Å². The van der Waals surface area contributed by atoms with E-state index in [1.165, 1.54) is 7.05 Å². The van der Waals surface area contributed by atoms with Crippen LogP contribution in [0.3, 0.4) is 0 Å². The molecule has 1 rings (SSSR count). The number of nitrogens with one attached hydrogen (secondary N) is 3. The van der Waals surface area contributed by atoms with E-state index in [0.717, 1.165) is 4.47 Å². The van der Waals surface area contributed by atoms with Crippen molar-refractivity contribution in [2.75, 3.05) is 19.0 Å². The molecule has 3 amide bonds. The van der Waals surface area contributed by atoms with E-state index in [2.05, 4.69) is 31.9 Å². The fraction of sp³-hybridized carbons (Fsp3) is 0.385. The van der Waals surface area contributed by atoms with Gasteiger partial charge in [0.15, 0.2) is 0 Å². The summed E-state index contributed by atoms with van der Waals surface area (Å²) in [4.78, 5) is 22.9. The third-order valence-electron chi connectivity index (χ3n) is 2.47. The van der Waals surface area contributed by atoms with Crippen molar-refractivity contribution in [2.45, 2.75) is 19.9 Å². The van der Waals surface area contributed by atoms with Crippen LogP contribution in [0.4, 0.5) is 10.5 Å². The average Bonchev–Trinajstić information content (AvgIpc) is 2.41. The maximum atomic E-state index is 11.8. The highest BCUT2D eigenvalue weighted by Crippen LogP contribution is 2.28. The quantitative estimate of drug-likeness (QED) is 0.764. The molecule has 1 aromatic carbocycles. The molecule has 7 heteroatoms. The zero-order valence-corrected chi connectivity index (χ0v) is 13.2. The number of urea groups is 1. The topological polar surface area (TPSA) is 79.5 Å². The van der Waals surface area contributed by atoms with Gasteiger partial charge in [0.2, 0.25) is 5.91 Å². The van der Waals surface area contributed by atoms with E-state index < -0.39 is 18.0 Å². The number of halogens is 1. The second-order valence-electron chi connectivity index (χ2n) is 4.01. The summed E-state index contributed by atoms with van der Waals surface area (Å²) < 4.78 is 6.34. The van der Waals surface area contributed by atoms with Crippen LogP contribution < -0.4 is 20.7 Å². The van der Waals surface area contributed by atoms with Crippen LogP contribution in [0.15, 0.2) is 22.7 Å². The third-order valence-corrected chi connectivity index (χ3v) is 2.96. The van der Waals surface area contributed by atoms with Crippen LogP contribution in [-0.4, -0.2) is 31.6 Å². The number of hydrogen-bond donors (Lipinski definition) is 3. The molecule has 0 fully saturated rings. The lowest BCUT2D eigenvalue weighted by Crippen LogP contribution is -2.44. The Balaban J connectivity index is 2.78. The molecular weight excluding hydrogens is 326 g/mol. The molecular formula is C13H18BrN3O3. The lowest BCUT2D eigenvalue weighted by Gasteiger charge is -2.17. The number of benzene rings is 1. The first-order valence-electron chi connectivity index (χ1n) is 6.19. The molecule has 1 atom stereocenters. The summed E-state index contributed by atoms with van der Waals surface area (Å²) in [5.41, 5.74) is 0.681. The van der Waals surface area contributed by atoms with Gasteiger partial charge in [-0.15, -0.1) is 0 Å². The highest BCUT2D eigenvalue weighted by atomic mass is 79.9. The molecule has 20 heavy (non-hydrogen) atoms. The number of carbonyl (C=O) groups excluding carboxylic acids is 2. The number of ether oxygens (including phenoxy) is 1. The van der Waals surface area contributed by atoms with Crippen molar-refractivity contribution in [3.63, 3.8) is 0 Å². The first kappa shape index (κ1) is 16.3. The van der Waals surface area contributed by atoms with Gasteiger partial charge in [-0.05, 0) is 32.0 Å². The van der Waals surface area contributed by atoms with Gasteiger partial charge in [-0.3, -0.25) is 10.1 Å². The van der Waals surface area contributed by atoms with E-state index in [1.807, 2.05) is 19.1 Å². The summed E-state index contributed by atoms with van der Waals surface area (Å²) in [7, 11) is 1.45. The highest BCUT2D eigenvalue weighted by Gasteiger charge is 2.16. The Labute approximate surface area is 126 Å². The van der Waals surface area contributed by atoms with Crippen LogP contribution in [0.1, 0.15) is 13.8 Å². The van der Waals surface area contributed by atoms with E-state index in [-0.39, 0.29) is 0 Å². The average molecular weight is 344 g/mol. The summed E-state index contributed by atoms with van der Waals surface area (Å²) in [6.07, 6.45) is 0. The number of carbonyl (C=O) groups is 2. The van der Waals surface area contributed by atoms with Crippen molar-refractivity contribution < 1.29 is 14.3 Å². The summed E-state index contributed by atoms with van der Waals surface area (Å²) in [6, 6.07) is 4.35. The molecule has 1 aromatic rings. The van der Waals surface area contributed by atoms with Crippen molar-refractivity contribution in [1.29, 1.82) is 0 Å². The normalized spacial score (nSPS) is 11.4. The highest BCUT2D eigenvalue weighted by molar-refractivity contribution is 9.10. The number of anilines is 1. The first-order chi connectivity index (χ1) is 9.47. The molecule has 110 valence electrons. The molecule has 0 radical (unpaired) electrons. The smallest absolute Gasteiger partial charge is 0.321 e. The van der Waals surface area contributed by atoms with Gasteiger partial charge in [0.1, 0.15) is 11.8 Å². The minimum absolute atomic E-state index is 0.424. The lowest BCUT2D eigenvalue weighted by molar-refractivity contribution is -0.120. The number of rotatable bonds is 5. The monoisotopic (exact) mass is 343 g/mol. The van der Waals surface area contributed by atoms with E-state index in [1.54, 1.807) is 13.0 Å². The summed E-state index contributed by atoms with van der Waals surface area (Å²) >= 11 is 3.37. The van der Waals surface area contributed by atoms with Gasteiger partial charge in [-0.25, -0.2) is 4.79 Å². The standard InChI is InChI=1S/C13H18BrN3O3/c1-4-20-11-6-5-9(14)7-10(11)16-8(2)12(18)17-13(19)15-3/h5-8,16H,4H2,1-3H3,(H2,15,17,18,19)/t8-/m0/s1. The zero-order chi connectivity index (χ0) is 15.1. The van der Waals surface area contributed by atoms with Gasteiger partial charge in [0, 0.05) is 11.5 Å². The molecule has 0 aliphatic heterocycles. The van der Waals surface area contributed by atoms with E-state index in [4.69, 9.17) is 4.74 Å². The van der Waals surface area contributed by atoms with E-state index in [9.17, 15) is 9.59 Å². The number of amides is 3. The maximum Gasteiger partial charge on any atom is 0.321 e. The van der Waals surface area contributed by atoms with Crippen molar-refractivity contribution in [1.82, 2.24) is 10.6 Å². The van der Waals surface area contributed by atoms with Gasteiger partial charge < -0.3 is 15.4 Å². The predicted octanol–water partition coefficient (Wildman–Crippen LogP) is 2.10. The molecule has 0 aliphatic carbocycles. The van der Waals surface area contributed by atoms with Crippen LogP contribution in [0.5, 0.6) is 5.75 Å². The van der Waals surface area contributed by atoms with Gasteiger partial charge in [-0.2, -0.15) is 0 Å². The molecule has 0 bridgehead atoms. The minimum Gasteiger partial charge on any atom is -0.492 e. The number of hydrogen-bond acceptors (Lipinski definition) is 4. The van der Waals surface area contributed by atoms with Gasteiger partial charge >= 0.3 is 6.03 Å². The largest absolute Gasteiger partial charge is 0.492 e. The van der Waals surface area contributed by atoms with Crippen LogP contribution in [-0.2, 0) is 4.79 Å². The van der Waals surface area contributed by atoms with Gasteiger partial charge in [0.25, 0.3) is 0 Å². The SMILES string of the molecule is CCOc1ccc(Br)cc1N[C@@H](C)C(=O)NC(=O)NC. The van der Waals surface area contributed by atoms with Gasteiger partial charge in [-0.1, -0.05) is 15.9 Å². The van der Waals surface area contributed by atoms with Crippen LogP contribution in [0.2, 0.25) is 0 Å². The summed E-state index contributed by atoms with van der Waals surface area (Å²) in [6.45, 7) is 4.07. The number of imide groups is 1. The molecule has 0 heterocycles. The Morgan fingerprint density at radius 3 is 2.70 bits per heavy atom. The Hall–Kier alpha value is -1.76. The Morgan fingerprint density at radius 2 is 2.10 bits per heavy atom. The van der Waals surface area contributed by atoms with Crippen LogP contribution in [0.25, 0.3) is 0 Å². The molecule has 0 aromatic heterocycles. The molecule has 0 unspecified atom stereocenters. The summed E-state index contributed by atoms with van der Waals surface area (Å²) in [5, 5.41) is 7.55. The van der Waals surface area contributed by atoms with Gasteiger partial charge in [0.05, 0.1) is 12.3 Å². The fourth-order valence-electron chi connectivity index (χ4n) is 1.48.